The molecule has 1 saturated carbocycles. The molecule has 1 aliphatic carbocycles. The quantitative estimate of drug-likeness (QED) is 0.703. The number of alkyl halides is 1. The van der Waals surface area contributed by atoms with E-state index >= 15 is 0 Å². The molecule has 0 saturated heterocycles. The summed E-state index contributed by atoms with van der Waals surface area (Å²) in [7, 11) is 0. The fourth-order valence-electron chi connectivity index (χ4n) is 1.82. The molecule has 13 heavy (non-hydrogen) atoms. The van der Waals surface area contributed by atoms with E-state index < -0.39 is 0 Å². The van der Waals surface area contributed by atoms with Gasteiger partial charge in [0.2, 0.25) is 0 Å². The lowest BCUT2D eigenvalue weighted by Crippen LogP contribution is -2.24. The number of hydrogen-bond donors (Lipinski definition) is 0. The van der Waals surface area contributed by atoms with Crippen molar-refractivity contribution in [3.05, 3.63) is 16.6 Å². The van der Waals surface area contributed by atoms with E-state index in [0.717, 1.165) is 18.2 Å². The third-order valence-corrected chi connectivity index (χ3v) is 4.18. The number of hydrogen-bond acceptors (Lipinski definition) is 2. The van der Waals surface area contributed by atoms with Crippen molar-refractivity contribution in [1.82, 2.24) is 4.98 Å². The van der Waals surface area contributed by atoms with Gasteiger partial charge in [-0.3, -0.25) is 0 Å². The lowest BCUT2D eigenvalue weighted by atomic mass is 9.82. The zero-order valence-electron chi connectivity index (χ0n) is 7.79. The Bertz CT molecular complexity index is 268. The Labute approximate surface area is 88.1 Å². The normalized spacial score (nSPS) is 21.4. The Morgan fingerprint density at radius 2 is 2.46 bits per heavy atom. The van der Waals surface area contributed by atoms with E-state index in [1.807, 2.05) is 5.51 Å². The van der Waals surface area contributed by atoms with Crippen LogP contribution >= 0.6 is 22.9 Å². The smallest absolute Gasteiger partial charge is 0.0794 e. The maximum atomic E-state index is 6.04. The highest BCUT2D eigenvalue weighted by molar-refractivity contribution is 7.07. The zero-order chi connectivity index (χ0) is 9.31. The largest absolute Gasteiger partial charge is 0.250 e. The SMILES string of the molecule is CC(CCl)(Cc1cscn1)C1CC1. The van der Waals surface area contributed by atoms with Crippen molar-refractivity contribution in [2.45, 2.75) is 26.2 Å². The van der Waals surface area contributed by atoms with Crippen molar-refractivity contribution in [1.29, 1.82) is 0 Å². The predicted molar refractivity (Wildman–Crippen MR) is 57.4 cm³/mol. The fraction of sp³-hybridized carbons (Fsp3) is 0.700. The molecule has 0 aliphatic heterocycles. The highest BCUT2D eigenvalue weighted by Crippen LogP contribution is 2.47. The molecule has 0 bridgehead atoms. The lowest BCUT2D eigenvalue weighted by Gasteiger charge is -2.25. The van der Waals surface area contributed by atoms with Crippen molar-refractivity contribution in [3.8, 4) is 0 Å². The maximum Gasteiger partial charge on any atom is 0.0794 e. The van der Waals surface area contributed by atoms with Crippen molar-refractivity contribution < 1.29 is 0 Å². The number of rotatable bonds is 4. The van der Waals surface area contributed by atoms with Crippen molar-refractivity contribution in [2.24, 2.45) is 11.3 Å². The Balaban J connectivity index is 2.05. The second-order valence-corrected chi connectivity index (χ2v) is 5.20. The number of thiazole rings is 1. The third-order valence-electron chi connectivity index (χ3n) is 2.94. The summed E-state index contributed by atoms with van der Waals surface area (Å²) < 4.78 is 0. The summed E-state index contributed by atoms with van der Waals surface area (Å²) in [5.41, 5.74) is 3.40. The molecule has 1 heterocycles. The molecule has 0 spiro atoms. The standard InChI is InChI=1S/C10H14ClNS/c1-10(6-11,8-2-3-8)4-9-5-13-7-12-9/h5,7-8H,2-4,6H2,1H3. The van der Waals surface area contributed by atoms with E-state index in [4.69, 9.17) is 11.6 Å². The van der Waals surface area contributed by atoms with Crippen LogP contribution in [0.3, 0.4) is 0 Å². The first-order valence-corrected chi connectivity index (χ1v) is 6.15. The first kappa shape index (κ1) is 9.47. The molecule has 72 valence electrons. The van der Waals surface area contributed by atoms with Crippen LogP contribution in [0.5, 0.6) is 0 Å². The van der Waals surface area contributed by atoms with Gasteiger partial charge >= 0.3 is 0 Å². The van der Waals surface area contributed by atoms with Gasteiger partial charge in [0, 0.05) is 11.3 Å². The summed E-state index contributed by atoms with van der Waals surface area (Å²) in [5, 5.41) is 2.13. The van der Waals surface area contributed by atoms with E-state index in [1.54, 1.807) is 11.3 Å². The summed E-state index contributed by atoms with van der Waals surface area (Å²) in [6.07, 6.45) is 3.76. The molecule has 1 aromatic rings. The van der Waals surface area contributed by atoms with Gasteiger partial charge in [0.1, 0.15) is 0 Å². The highest BCUT2D eigenvalue weighted by Gasteiger charge is 2.41. The van der Waals surface area contributed by atoms with Gasteiger partial charge in [0.05, 0.1) is 11.2 Å². The van der Waals surface area contributed by atoms with Crippen LogP contribution in [-0.4, -0.2) is 10.9 Å². The molecule has 0 aromatic carbocycles. The molecular formula is C10H14ClNS. The number of nitrogens with zero attached hydrogens (tertiary/aromatic N) is 1. The Hall–Kier alpha value is -0.0800. The molecule has 1 aliphatic rings. The summed E-state index contributed by atoms with van der Waals surface area (Å²) in [4.78, 5) is 4.32. The van der Waals surface area contributed by atoms with Gasteiger partial charge in [-0.1, -0.05) is 6.92 Å². The van der Waals surface area contributed by atoms with E-state index in [1.165, 1.54) is 18.5 Å². The van der Waals surface area contributed by atoms with Crippen LogP contribution in [0.2, 0.25) is 0 Å². The van der Waals surface area contributed by atoms with E-state index in [9.17, 15) is 0 Å². The Morgan fingerprint density at radius 3 is 2.92 bits per heavy atom. The molecule has 1 nitrogen and oxygen atoms in total. The van der Waals surface area contributed by atoms with E-state index in [0.29, 0.717) is 0 Å². The van der Waals surface area contributed by atoms with Crippen molar-refractivity contribution in [3.63, 3.8) is 0 Å². The molecule has 1 unspecified atom stereocenters. The lowest BCUT2D eigenvalue weighted by molar-refractivity contribution is 0.311. The van der Waals surface area contributed by atoms with Gasteiger partial charge in [-0.05, 0) is 30.6 Å². The molecule has 0 amide bonds. The van der Waals surface area contributed by atoms with Gasteiger partial charge in [-0.2, -0.15) is 0 Å². The van der Waals surface area contributed by atoms with Gasteiger partial charge in [-0.15, -0.1) is 22.9 Å². The van der Waals surface area contributed by atoms with Crippen molar-refractivity contribution >= 4 is 22.9 Å². The topological polar surface area (TPSA) is 12.9 Å². The van der Waals surface area contributed by atoms with Gasteiger partial charge in [0.25, 0.3) is 0 Å². The van der Waals surface area contributed by atoms with Crippen LogP contribution in [0.25, 0.3) is 0 Å². The zero-order valence-corrected chi connectivity index (χ0v) is 9.37. The molecule has 1 atom stereocenters. The summed E-state index contributed by atoms with van der Waals surface area (Å²) in [6.45, 7) is 2.29. The first-order valence-electron chi connectivity index (χ1n) is 4.67. The second-order valence-electron chi connectivity index (χ2n) is 4.22. The fourth-order valence-corrected chi connectivity index (χ4v) is 2.69. The molecule has 2 rings (SSSR count). The van der Waals surface area contributed by atoms with Gasteiger partial charge in [0.15, 0.2) is 0 Å². The maximum absolute atomic E-state index is 6.04. The van der Waals surface area contributed by atoms with Crippen molar-refractivity contribution in [2.75, 3.05) is 5.88 Å². The van der Waals surface area contributed by atoms with Crippen LogP contribution in [0.4, 0.5) is 0 Å². The summed E-state index contributed by atoms with van der Waals surface area (Å²) >= 11 is 7.70. The summed E-state index contributed by atoms with van der Waals surface area (Å²) in [5.74, 6) is 1.60. The summed E-state index contributed by atoms with van der Waals surface area (Å²) in [6, 6.07) is 0. The van der Waals surface area contributed by atoms with Gasteiger partial charge in [-0.25, -0.2) is 4.98 Å². The minimum Gasteiger partial charge on any atom is -0.250 e. The molecule has 1 fully saturated rings. The molecule has 3 heteroatoms. The number of aromatic nitrogens is 1. The van der Waals surface area contributed by atoms with E-state index in [2.05, 4.69) is 17.3 Å². The Kier molecular flexibility index (Phi) is 2.61. The first-order chi connectivity index (χ1) is 6.24. The third kappa shape index (κ3) is 2.05. The minimum absolute atomic E-state index is 0.287. The highest BCUT2D eigenvalue weighted by atomic mass is 35.5. The Morgan fingerprint density at radius 1 is 1.69 bits per heavy atom. The van der Waals surface area contributed by atoms with Crippen LogP contribution in [-0.2, 0) is 6.42 Å². The molecular weight excluding hydrogens is 202 g/mol. The number of halogens is 1. The minimum atomic E-state index is 0.287. The monoisotopic (exact) mass is 215 g/mol. The molecule has 0 radical (unpaired) electrons. The molecule has 1 aromatic heterocycles. The molecule has 0 N–H and O–H groups in total. The predicted octanol–water partition coefficient (Wildman–Crippen LogP) is 3.34. The average Bonchev–Trinajstić information content (AvgIpc) is 2.88. The van der Waals surface area contributed by atoms with Crippen LogP contribution in [0.1, 0.15) is 25.5 Å². The van der Waals surface area contributed by atoms with Crippen LogP contribution < -0.4 is 0 Å². The van der Waals surface area contributed by atoms with E-state index in [-0.39, 0.29) is 5.41 Å². The van der Waals surface area contributed by atoms with Crippen LogP contribution in [0.15, 0.2) is 10.9 Å². The average molecular weight is 216 g/mol. The van der Waals surface area contributed by atoms with Gasteiger partial charge < -0.3 is 0 Å². The second kappa shape index (κ2) is 3.58. The van der Waals surface area contributed by atoms with Crippen LogP contribution in [0, 0.1) is 11.3 Å².